The third-order valence-electron chi connectivity index (χ3n) is 3.55. The minimum Gasteiger partial charge on any atom is -0.364 e. The molecule has 0 aliphatic carbocycles. The van der Waals surface area contributed by atoms with Crippen molar-refractivity contribution in [3.05, 3.63) is 72.5 Å². The largest absolute Gasteiger partial charge is 0.364 e. The molecule has 0 radical (unpaired) electrons. The van der Waals surface area contributed by atoms with Crippen molar-refractivity contribution in [2.45, 2.75) is 6.54 Å². The molecule has 3 heterocycles. The van der Waals surface area contributed by atoms with Gasteiger partial charge in [0.25, 0.3) is 0 Å². The first-order chi connectivity index (χ1) is 11.8. The van der Waals surface area contributed by atoms with Crippen LogP contribution < -0.4 is 0 Å². The first-order valence-electron chi connectivity index (χ1n) is 7.30. The van der Waals surface area contributed by atoms with Crippen molar-refractivity contribution in [2.24, 2.45) is 0 Å². The molecule has 4 rings (SSSR count). The molecule has 0 saturated carbocycles. The summed E-state index contributed by atoms with van der Waals surface area (Å²) >= 11 is 0. The van der Waals surface area contributed by atoms with E-state index < -0.39 is 0 Å². The van der Waals surface area contributed by atoms with E-state index in [4.69, 9.17) is 4.52 Å². The van der Waals surface area contributed by atoms with Gasteiger partial charge in [-0.2, -0.15) is 5.10 Å². The third kappa shape index (κ3) is 2.67. The normalized spacial score (nSPS) is 10.9. The van der Waals surface area contributed by atoms with E-state index in [0.717, 1.165) is 0 Å². The van der Waals surface area contributed by atoms with Crippen LogP contribution in [0.15, 0.2) is 65.6 Å². The lowest BCUT2D eigenvalue weighted by atomic mass is 10.2. The quantitative estimate of drug-likeness (QED) is 0.577. The average molecular weight is 321 g/mol. The van der Waals surface area contributed by atoms with Gasteiger partial charge in [-0.25, -0.2) is 14.4 Å². The van der Waals surface area contributed by atoms with Crippen LogP contribution in [0.4, 0.5) is 4.39 Å². The zero-order valence-electron chi connectivity index (χ0n) is 12.5. The number of hydrogen-bond acceptors (Lipinski definition) is 5. The van der Waals surface area contributed by atoms with Crippen LogP contribution in [0.2, 0.25) is 0 Å². The second-order valence-electron chi connectivity index (χ2n) is 5.12. The lowest BCUT2D eigenvalue weighted by molar-refractivity contribution is 0.421. The van der Waals surface area contributed by atoms with Gasteiger partial charge in [0, 0.05) is 24.0 Å². The van der Waals surface area contributed by atoms with Crippen LogP contribution in [0.25, 0.3) is 22.9 Å². The number of halogens is 1. The van der Waals surface area contributed by atoms with Crippen LogP contribution in [0.1, 0.15) is 5.56 Å². The summed E-state index contributed by atoms with van der Waals surface area (Å²) in [5.41, 5.74) is 2.44. The second kappa shape index (κ2) is 6.04. The zero-order valence-corrected chi connectivity index (χ0v) is 12.5. The Hall–Kier alpha value is -3.35. The minimum atomic E-state index is -0.281. The fraction of sp³-hybridized carbons (Fsp3) is 0.0588. The molecule has 0 atom stereocenters. The Morgan fingerprint density at radius 1 is 1.00 bits per heavy atom. The van der Waals surface area contributed by atoms with Gasteiger partial charge in [-0.3, -0.25) is 4.68 Å². The highest BCUT2D eigenvalue weighted by Gasteiger charge is 2.16. The highest BCUT2D eigenvalue weighted by molar-refractivity contribution is 5.62. The van der Waals surface area contributed by atoms with Crippen molar-refractivity contribution in [3.8, 4) is 22.9 Å². The maximum Gasteiger partial charge on any atom is 0.180 e. The van der Waals surface area contributed by atoms with Crippen LogP contribution in [0.3, 0.4) is 0 Å². The van der Waals surface area contributed by atoms with Crippen LogP contribution in [0, 0.1) is 5.82 Å². The average Bonchev–Trinajstić information content (AvgIpc) is 3.27. The smallest absolute Gasteiger partial charge is 0.180 e. The number of benzene rings is 1. The molecule has 0 amide bonds. The number of nitrogens with zero attached hydrogens (tertiary/aromatic N) is 5. The van der Waals surface area contributed by atoms with Crippen molar-refractivity contribution in [1.29, 1.82) is 0 Å². The van der Waals surface area contributed by atoms with E-state index in [0.29, 0.717) is 28.5 Å². The molecule has 4 aromatic rings. The molecule has 7 heteroatoms. The Balaban J connectivity index is 1.80. The first kappa shape index (κ1) is 14.3. The van der Waals surface area contributed by atoms with Crippen LogP contribution in [-0.4, -0.2) is 24.9 Å². The van der Waals surface area contributed by atoms with Crippen molar-refractivity contribution >= 4 is 0 Å². The fourth-order valence-electron chi connectivity index (χ4n) is 2.42. The maximum atomic E-state index is 14.0. The lowest BCUT2D eigenvalue weighted by Gasteiger charge is -2.06. The zero-order chi connectivity index (χ0) is 16.4. The SMILES string of the molecule is Fc1ccccc1Cn1nc(-c2ncccn2)cc1-c1ccon1. The predicted octanol–water partition coefficient (Wildman–Crippen LogP) is 3.18. The predicted molar refractivity (Wildman–Crippen MR) is 84.3 cm³/mol. The Morgan fingerprint density at radius 2 is 1.83 bits per heavy atom. The van der Waals surface area contributed by atoms with E-state index in [-0.39, 0.29) is 12.4 Å². The summed E-state index contributed by atoms with van der Waals surface area (Å²) in [5, 5.41) is 8.46. The van der Waals surface area contributed by atoms with Crippen molar-refractivity contribution in [1.82, 2.24) is 24.9 Å². The van der Waals surface area contributed by atoms with Gasteiger partial charge in [-0.05, 0) is 18.2 Å². The Kier molecular flexibility index (Phi) is 3.59. The molecule has 3 aromatic heterocycles. The van der Waals surface area contributed by atoms with Gasteiger partial charge in [0.1, 0.15) is 23.5 Å². The molecular weight excluding hydrogens is 309 g/mol. The molecule has 1 aromatic carbocycles. The monoisotopic (exact) mass is 321 g/mol. The highest BCUT2D eigenvalue weighted by atomic mass is 19.1. The summed E-state index contributed by atoms with van der Waals surface area (Å²) in [4.78, 5) is 8.41. The highest BCUT2D eigenvalue weighted by Crippen LogP contribution is 2.24. The van der Waals surface area contributed by atoms with Crippen LogP contribution in [0.5, 0.6) is 0 Å². The van der Waals surface area contributed by atoms with E-state index in [1.807, 2.05) is 6.07 Å². The topological polar surface area (TPSA) is 69.6 Å². The van der Waals surface area contributed by atoms with E-state index in [1.54, 1.807) is 47.4 Å². The van der Waals surface area contributed by atoms with E-state index >= 15 is 0 Å². The lowest BCUT2D eigenvalue weighted by Crippen LogP contribution is -2.06. The number of aromatic nitrogens is 5. The molecule has 0 aliphatic heterocycles. The van der Waals surface area contributed by atoms with Gasteiger partial charge >= 0.3 is 0 Å². The van der Waals surface area contributed by atoms with Crippen molar-refractivity contribution < 1.29 is 8.91 Å². The van der Waals surface area contributed by atoms with E-state index in [2.05, 4.69) is 20.2 Å². The summed E-state index contributed by atoms with van der Waals surface area (Å²) in [5.74, 6) is 0.214. The van der Waals surface area contributed by atoms with Gasteiger partial charge in [0.05, 0.1) is 12.2 Å². The minimum absolute atomic E-state index is 0.266. The molecule has 118 valence electrons. The number of rotatable bonds is 4. The first-order valence-corrected chi connectivity index (χ1v) is 7.30. The van der Waals surface area contributed by atoms with Crippen LogP contribution >= 0.6 is 0 Å². The van der Waals surface area contributed by atoms with Gasteiger partial charge in [0.15, 0.2) is 5.82 Å². The summed E-state index contributed by atoms with van der Waals surface area (Å²) in [6.45, 7) is 0.266. The number of hydrogen-bond donors (Lipinski definition) is 0. The molecule has 0 aliphatic rings. The second-order valence-corrected chi connectivity index (χ2v) is 5.12. The molecule has 0 spiro atoms. The molecule has 0 unspecified atom stereocenters. The third-order valence-corrected chi connectivity index (χ3v) is 3.55. The molecule has 0 fully saturated rings. The molecule has 0 N–H and O–H groups in total. The fourth-order valence-corrected chi connectivity index (χ4v) is 2.42. The van der Waals surface area contributed by atoms with E-state index in [1.165, 1.54) is 12.3 Å². The van der Waals surface area contributed by atoms with Gasteiger partial charge in [-0.15, -0.1) is 0 Å². The molecule has 6 nitrogen and oxygen atoms in total. The van der Waals surface area contributed by atoms with Gasteiger partial charge in [0.2, 0.25) is 0 Å². The molecular formula is C17H12FN5O. The Bertz CT molecular complexity index is 950. The Labute approximate surface area is 136 Å². The van der Waals surface area contributed by atoms with Gasteiger partial charge < -0.3 is 4.52 Å². The summed E-state index contributed by atoms with van der Waals surface area (Å²) < 4.78 is 20.6. The van der Waals surface area contributed by atoms with E-state index in [9.17, 15) is 4.39 Å². The molecule has 24 heavy (non-hydrogen) atoms. The standard InChI is InChI=1S/C17H12FN5O/c18-13-5-2-1-4-12(13)11-23-16(14-6-9-24-22-14)10-15(21-23)17-19-7-3-8-20-17/h1-10H,11H2. The Morgan fingerprint density at radius 3 is 2.58 bits per heavy atom. The molecule has 0 bridgehead atoms. The summed E-state index contributed by atoms with van der Waals surface area (Å²) in [6.07, 6.45) is 4.77. The van der Waals surface area contributed by atoms with Crippen molar-refractivity contribution in [3.63, 3.8) is 0 Å². The molecule has 0 saturated heterocycles. The summed E-state index contributed by atoms with van der Waals surface area (Å²) in [6, 6.07) is 11.9. The van der Waals surface area contributed by atoms with Crippen molar-refractivity contribution in [2.75, 3.05) is 0 Å². The maximum absolute atomic E-state index is 14.0. The van der Waals surface area contributed by atoms with Gasteiger partial charge in [-0.1, -0.05) is 23.4 Å². The van der Waals surface area contributed by atoms with Crippen LogP contribution in [-0.2, 0) is 6.54 Å². The summed E-state index contributed by atoms with van der Waals surface area (Å²) in [7, 11) is 0.